The van der Waals surface area contributed by atoms with Crippen LogP contribution in [0.1, 0.15) is 31.1 Å². The predicted molar refractivity (Wildman–Crippen MR) is 73.5 cm³/mol. The van der Waals surface area contributed by atoms with Crippen LogP contribution in [0.25, 0.3) is 11.1 Å². The summed E-state index contributed by atoms with van der Waals surface area (Å²) < 4.78 is 5.65. The zero-order valence-electron chi connectivity index (χ0n) is 11.1. The molecule has 2 saturated carbocycles. The second-order valence-corrected chi connectivity index (χ2v) is 5.69. The van der Waals surface area contributed by atoms with Gasteiger partial charge in [-0.05, 0) is 31.0 Å². The first-order valence-corrected chi connectivity index (χ1v) is 6.96. The minimum absolute atomic E-state index is 0.304. The van der Waals surface area contributed by atoms with Crippen molar-refractivity contribution in [3.05, 3.63) is 34.2 Å². The van der Waals surface area contributed by atoms with E-state index >= 15 is 0 Å². The molecule has 1 amide bonds. The van der Waals surface area contributed by atoms with Crippen molar-refractivity contribution in [2.24, 2.45) is 5.92 Å². The molecule has 2 aliphatic carbocycles. The van der Waals surface area contributed by atoms with E-state index in [1.54, 1.807) is 18.2 Å². The van der Waals surface area contributed by atoms with Crippen LogP contribution in [0.5, 0.6) is 0 Å². The number of rotatable bonds is 4. The summed E-state index contributed by atoms with van der Waals surface area (Å²) in [6.45, 7) is 0. The molecule has 21 heavy (non-hydrogen) atoms. The molecule has 108 valence electrons. The Morgan fingerprint density at radius 3 is 2.90 bits per heavy atom. The first-order chi connectivity index (χ1) is 10.1. The van der Waals surface area contributed by atoms with E-state index in [-0.39, 0.29) is 5.91 Å². The molecule has 4 rings (SSSR count). The number of hydrogen-bond donors (Lipinski definition) is 1. The molecule has 7 nitrogen and oxygen atoms in total. The summed E-state index contributed by atoms with van der Waals surface area (Å²) in [5, 5.41) is 13.3. The fraction of sp³-hybridized carbons (Fsp3) is 0.429. The van der Waals surface area contributed by atoms with E-state index in [2.05, 4.69) is 10.3 Å². The van der Waals surface area contributed by atoms with Crippen molar-refractivity contribution in [2.45, 2.75) is 31.2 Å². The van der Waals surface area contributed by atoms with Gasteiger partial charge in [0.1, 0.15) is 11.4 Å². The van der Waals surface area contributed by atoms with Crippen LogP contribution in [0.4, 0.5) is 5.69 Å². The Bertz CT molecular complexity index is 750. The Morgan fingerprint density at radius 1 is 1.43 bits per heavy atom. The van der Waals surface area contributed by atoms with Crippen molar-refractivity contribution in [2.75, 3.05) is 5.32 Å². The smallest absolute Gasteiger partial charge is 0.234 e. The lowest BCUT2D eigenvalue weighted by molar-refractivity contribution is -0.497. The Balaban J connectivity index is 1.51. The molecule has 1 aromatic carbocycles. The summed E-state index contributed by atoms with van der Waals surface area (Å²) in [6.07, 6.45) is 2.54. The Morgan fingerprint density at radius 2 is 2.24 bits per heavy atom. The maximum atomic E-state index is 11.9. The highest BCUT2D eigenvalue weighted by molar-refractivity contribution is 5.96. The molecule has 0 radical (unpaired) electrons. The third-order valence-corrected chi connectivity index (χ3v) is 3.96. The molecule has 0 bridgehead atoms. The molecule has 0 saturated heterocycles. The lowest BCUT2D eigenvalue weighted by atomic mass is 10.2. The fourth-order valence-electron chi connectivity index (χ4n) is 2.46. The zero-order valence-corrected chi connectivity index (χ0v) is 11.1. The van der Waals surface area contributed by atoms with Crippen molar-refractivity contribution in [3.63, 3.8) is 0 Å². The summed E-state index contributed by atoms with van der Waals surface area (Å²) in [5.74, 6) is 0.365. The molecule has 2 unspecified atom stereocenters. The maximum Gasteiger partial charge on any atom is 0.234 e. The van der Waals surface area contributed by atoms with Gasteiger partial charge in [0.15, 0.2) is 11.5 Å². The van der Waals surface area contributed by atoms with E-state index in [0.717, 1.165) is 18.7 Å². The number of amides is 1. The third-order valence-electron chi connectivity index (χ3n) is 3.96. The molecule has 0 aliphatic heterocycles. The number of aromatic nitrogens is 1. The average molecular weight is 287 g/mol. The van der Waals surface area contributed by atoms with Crippen LogP contribution in [-0.2, 0) is 4.79 Å². The highest BCUT2D eigenvalue weighted by Gasteiger charge is 2.53. The number of nitrogens with zero attached hydrogens (tertiary/aromatic N) is 2. The molecule has 1 N–H and O–H groups in total. The second-order valence-electron chi connectivity index (χ2n) is 5.69. The number of carbonyl (C=O) groups is 1. The van der Waals surface area contributed by atoms with Crippen molar-refractivity contribution >= 4 is 22.7 Å². The summed E-state index contributed by atoms with van der Waals surface area (Å²) >= 11 is 0. The molecular formula is C14H13N3O4. The van der Waals surface area contributed by atoms with Crippen LogP contribution in [0.15, 0.2) is 22.6 Å². The maximum absolute atomic E-state index is 11.9. The van der Waals surface area contributed by atoms with Crippen molar-refractivity contribution in [1.29, 1.82) is 0 Å². The van der Waals surface area contributed by atoms with Crippen molar-refractivity contribution in [1.82, 2.24) is 4.98 Å². The molecule has 0 spiro atoms. The van der Waals surface area contributed by atoms with E-state index in [9.17, 15) is 14.9 Å². The number of anilines is 1. The van der Waals surface area contributed by atoms with E-state index in [0.29, 0.717) is 29.1 Å². The van der Waals surface area contributed by atoms with Gasteiger partial charge in [-0.25, -0.2) is 4.98 Å². The fourth-order valence-corrected chi connectivity index (χ4v) is 2.46. The molecular weight excluding hydrogens is 274 g/mol. The largest absolute Gasteiger partial charge is 0.440 e. The van der Waals surface area contributed by atoms with Gasteiger partial charge in [0.05, 0.1) is 0 Å². The molecule has 2 aliphatic rings. The van der Waals surface area contributed by atoms with Crippen LogP contribution in [0.2, 0.25) is 0 Å². The van der Waals surface area contributed by atoms with Gasteiger partial charge in [0.25, 0.3) is 0 Å². The lowest BCUT2D eigenvalue weighted by Gasteiger charge is -2.02. The predicted octanol–water partition coefficient (Wildman–Crippen LogP) is 2.31. The number of nitro groups is 1. The number of benzene rings is 1. The molecule has 2 aromatic rings. The SMILES string of the molecule is O=C(Nc1ccc2oc(C3CC3)nc2c1)C1CC1[N+](=O)[O-]. The van der Waals surface area contributed by atoms with Gasteiger partial charge in [-0.3, -0.25) is 14.9 Å². The number of nitrogens with one attached hydrogen (secondary N) is 1. The summed E-state index contributed by atoms with van der Waals surface area (Å²) in [5.41, 5.74) is 2.00. The topological polar surface area (TPSA) is 98.3 Å². The first-order valence-electron chi connectivity index (χ1n) is 6.96. The molecule has 1 aromatic heterocycles. The zero-order chi connectivity index (χ0) is 14.6. The highest BCUT2D eigenvalue weighted by atomic mass is 16.6. The van der Waals surface area contributed by atoms with Gasteiger partial charge < -0.3 is 9.73 Å². The Labute approximate surface area is 119 Å². The van der Waals surface area contributed by atoms with Crippen LogP contribution in [-0.4, -0.2) is 21.9 Å². The Hall–Kier alpha value is -2.44. The third kappa shape index (κ3) is 2.24. The minimum Gasteiger partial charge on any atom is -0.440 e. The second kappa shape index (κ2) is 4.28. The lowest BCUT2D eigenvalue weighted by Crippen LogP contribution is -2.18. The van der Waals surface area contributed by atoms with Crippen LogP contribution >= 0.6 is 0 Å². The van der Waals surface area contributed by atoms with Gasteiger partial charge in [0.2, 0.25) is 11.9 Å². The molecule has 2 fully saturated rings. The molecule has 1 heterocycles. The van der Waals surface area contributed by atoms with Crippen molar-refractivity contribution < 1.29 is 14.1 Å². The van der Waals surface area contributed by atoms with E-state index in [4.69, 9.17) is 4.42 Å². The first kappa shape index (κ1) is 12.3. The number of carbonyl (C=O) groups excluding carboxylic acids is 1. The highest BCUT2D eigenvalue weighted by Crippen LogP contribution is 2.41. The van der Waals surface area contributed by atoms with E-state index in [1.165, 1.54) is 0 Å². The number of oxazole rings is 1. The standard InChI is InChI=1S/C14H13N3O4/c18-13(9-6-11(9)17(19)20)15-8-3-4-12-10(5-8)16-14(21-12)7-1-2-7/h3-5,7,9,11H,1-2,6H2,(H,15,18). The summed E-state index contributed by atoms with van der Waals surface area (Å²) in [6, 6.07) is 4.50. The van der Waals surface area contributed by atoms with E-state index < -0.39 is 16.9 Å². The van der Waals surface area contributed by atoms with Gasteiger partial charge >= 0.3 is 0 Å². The molecule has 7 heteroatoms. The number of fused-ring (bicyclic) bond motifs is 1. The summed E-state index contributed by atoms with van der Waals surface area (Å²) in [4.78, 5) is 26.5. The monoisotopic (exact) mass is 287 g/mol. The van der Waals surface area contributed by atoms with E-state index in [1.807, 2.05) is 0 Å². The van der Waals surface area contributed by atoms with Gasteiger partial charge in [-0.15, -0.1) is 0 Å². The van der Waals surface area contributed by atoms with Gasteiger partial charge in [-0.2, -0.15) is 0 Å². The average Bonchev–Trinajstić information content (AvgIpc) is 3.33. The van der Waals surface area contributed by atoms with Gasteiger partial charge in [-0.1, -0.05) is 0 Å². The Kier molecular flexibility index (Phi) is 2.51. The van der Waals surface area contributed by atoms with Gasteiger partial charge in [0, 0.05) is 22.9 Å². The van der Waals surface area contributed by atoms with Crippen LogP contribution in [0.3, 0.4) is 0 Å². The quantitative estimate of drug-likeness (QED) is 0.687. The molecule has 2 atom stereocenters. The summed E-state index contributed by atoms with van der Waals surface area (Å²) in [7, 11) is 0. The number of hydrogen-bond acceptors (Lipinski definition) is 5. The van der Waals surface area contributed by atoms with Crippen LogP contribution in [0, 0.1) is 16.0 Å². The minimum atomic E-state index is -0.734. The normalized spacial score (nSPS) is 24.0. The van der Waals surface area contributed by atoms with Crippen molar-refractivity contribution in [3.8, 4) is 0 Å². The van der Waals surface area contributed by atoms with Crippen LogP contribution < -0.4 is 5.32 Å².